The summed E-state index contributed by atoms with van der Waals surface area (Å²) >= 11 is 0. The Bertz CT molecular complexity index is 178. The van der Waals surface area contributed by atoms with E-state index in [9.17, 15) is 0 Å². The molecule has 0 heteroatoms. The Hall–Kier alpha value is -0.520. The molecule has 0 bridgehead atoms. The van der Waals surface area contributed by atoms with Crippen molar-refractivity contribution in [2.75, 3.05) is 0 Å². The van der Waals surface area contributed by atoms with Gasteiger partial charge in [-0.1, -0.05) is 102 Å². The SMILES string of the molecule is [CH]=C/C=C\CCCCCCCCCCCCCC. The Kier molecular flexibility index (Phi) is 16.0. The van der Waals surface area contributed by atoms with Crippen LogP contribution < -0.4 is 0 Å². The molecule has 0 aromatic heterocycles. The molecule has 0 aliphatic carbocycles. The van der Waals surface area contributed by atoms with Crippen molar-refractivity contribution < 1.29 is 0 Å². The van der Waals surface area contributed by atoms with E-state index in [1.807, 2.05) is 6.08 Å². The van der Waals surface area contributed by atoms with Gasteiger partial charge in [0.25, 0.3) is 0 Å². The van der Waals surface area contributed by atoms with Crippen LogP contribution in [0.1, 0.15) is 90.4 Å². The Balaban J connectivity index is 2.94. The van der Waals surface area contributed by atoms with Gasteiger partial charge in [0.1, 0.15) is 0 Å². The van der Waals surface area contributed by atoms with Gasteiger partial charge in [-0.2, -0.15) is 0 Å². The molecule has 0 aliphatic heterocycles. The molecule has 0 saturated carbocycles. The summed E-state index contributed by atoms with van der Waals surface area (Å²) < 4.78 is 0. The molecule has 0 rings (SSSR count). The van der Waals surface area contributed by atoms with Gasteiger partial charge in [-0.05, 0) is 12.8 Å². The molecule has 0 aliphatic rings. The van der Waals surface area contributed by atoms with Crippen molar-refractivity contribution in [3.05, 3.63) is 24.8 Å². The number of rotatable bonds is 14. The van der Waals surface area contributed by atoms with Crippen molar-refractivity contribution in [3.63, 3.8) is 0 Å². The first kappa shape index (κ1) is 17.5. The lowest BCUT2D eigenvalue weighted by molar-refractivity contribution is 0.545. The van der Waals surface area contributed by atoms with Gasteiger partial charge >= 0.3 is 0 Å². The van der Waals surface area contributed by atoms with Crippen molar-refractivity contribution in [3.8, 4) is 0 Å². The molecule has 0 amide bonds. The van der Waals surface area contributed by atoms with Crippen LogP contribution in [0, 0.1) is 6.58 Å². The van der Waals surface area contributed by atoms with Crippen LogP contribution in [0.4, 0.5) is 0 Å². The molecule has 18 heavy (non-hydrogen) atoms. The molecular formula is C18H33. The van der Waals surface area contributed by atoms with Crippen LogP contribution in [0.25, 0.3) is 0 Å². The highest BCUT2D eigenvalue weighted by Gasteiger charge is 1.92. The summed E-state index contributed by atoms with van der Waals surface area (Å²) in [5.41, 5.74) is 0. The molecule has 0 unspecified atom stereocenters. The predicted molar refractivity (Wildman–Crippen MR) is 83.7 cm³/mol. The second kappa shape index (κ2) is 16.5. The third-order valence-corrected chi connectivity index (χ3v) is 3.47. The number of hydrogen-bond acceptors (Lipinski definition) is 0. The summed E-state index contributed by atoms with van der Waals surface area (Å²) in [5.74, 6) is 0. The van der Waals surface area contributed by atoms with E-state index in [-0.39, 0.29) is 0 Å². The van der Waals surface area contributed by atoms with Crippen molar-refractivity contribution in [2.24, 2.45) is 0 Å². The third-order valence-electron chi connectivity index (χ3n) is 3.47. The molecule has 0 atom stereocenters. The summed E-state index contributed by atoms with van der Waals surface area (Å²) in [6, 6.07) is 0. The first-order valence-electron chi connectivity index (χ1n) is 8.12. The highest BCUT2D eigenvalue weighted by atomic mass is 14.0. The second-order valence-corrected chi connectivity index (χ2v) is 5.30. The van der Waals surface area contributed by atoms with Gasteiger partial charge in [-0.3, -0.25) is 0 Å². The maximum Gasteiger partial charge on any atom is -0.0348 e. The average molecular weight is 249 g/mol. The van der Waals surface area contributed by atoms with Gasteiger partial charge in [0, 0.05) is 0 Å². The van der Waals surface area contributed by atoms with E-state index < -0.39 is 0 Å². The lowest BCUT2D eigenvalue weighted by atomic mass is 10.0. The topological polar surface area (TPSA) is 0 Å². The van der Waals surface area contributed by atoms with Crippen LogP contribution in [-0.4, -0.2) is 0 Å². The molecule has 0 saturated heterocycles. The molecule has 105 valence electrons. The van der Waals surface area contributed by atoms with Crippen LogP contribution in [0.2, 0.25) is 0 Å². The van der Waals surface area contributed by atoms with Crippen molar-refractivity contribution in [1.82, 2.24) is 0 Å². The molecule has 0 N–H and O–H groups in total. The zero-order valence-electron chi connectivity index (χ0n) is 12.5. The molecule has 0 nitrogen and oxygen atoms in total. The van der Waals surface area contributed by atoms with E-state index >= 15 is 0 Å². The third kappa shape index (κ3) is 15.5. The van der Waals surface area contributed by atoms with Gasteiger partial charge < -0.3 is 0 Å². The van der Waals surface area contributed by atoms with Crippen LogP contribution >= 0.6 is 0 Å². The maximum atomic E-state index is 5.26. The van der Waals surface area contributed by atoms with E-state index in [0.29, 0.717) is 0 Å². The Morgan fingerprint density at radius 3 is 1.56 bits per heavy atom. The number of unbranched alkanes of at least 4 members (excludes halogenated alkanes) is 12. The largest absolute Gasteiger partial charge is 0.0845 e. The molecule has 0 fully saturated rings. The van der Waals surface area contributed by atoms with Crippen LogP contribution in [0.5, 0.6) is 0 Å². The first-order chi connectivity index (χ1) is 8.91. The maximum absolute atomic E-state index is 5.26. The van der Waals surface area contributed by atoms with Crippen LogP contribution in [0.15, 0.2) is 18.2 Å². The van der Waals surface area contributed by atoms with Gasteiger partial charge in [-0.15, -0.1) is 0 Å². The van der Waals surface area contributed by atoms with Gasteiger partial charge in [-0.25, -0.2) is 0 Å². The summed E-state index contributed by atoms with van der Waals surface area (Å²) in [6.07, 6.45) is 24.0. The Morgan fingerprint density at radius 2 is 1.11 bits per heavy atom. The van der Waals surface area contributed by atoms with E-state index in [4.69, 9.17) is 6.58 Å². The second-order valence-electron chi connectivity index (χ2n) is 5.30. The van der Waals surface area contributed by atoms with Crippen molar-refractivity contribution in [2.45, 2.75) is 90.4 Å². The fourth-order valence-corrected chi connectivity index (χ4v) is 2.28. The summed E-state index contributed by atoms with van der Waals surface area (Å²) in [5, 5.41) is 0. The zero-order chi connectivity index (χ0) is 13.3. The predicted octanol–water partition coefficient (Wildman–Crippen LogP) is 6.62. The van der Waals surface area contributed by atoms with Gasteiger partial charge in [0.05, 0.1) is 0 Å². The van der Waals surface area contributed by atoms with E-state index in [1.165, 1.54) is 83.5 Å². The lowest BCUT2D eigenvalue weighted by Crippen LogP contribution is -1.82. The quantitative estimate of drug-likeness (QED) is 0.239. The molecular weight excluding hydrogens is 216 g/mol. The first-order valence-corrected chi connectivity index (χ1v) is 8.12. The van der Waals surface area contributed by atoms with E-state index in [2.05, 4.69) is 13.0 Å². The number of allylic oxidation sites excluding steroid dienone is 3. The Labute approximate surface area is 116 Å². The van der Waals surface area contributed by atoms with Gasteiger partial charge in [0.2, 0.25) is 0 Å². The monoisotopic (exact) mass is 249 g/mol. The van der Waals surface area contributed by atoms with Crippen molar-refractivity contribution in [1.29, 1.82) is 0 Å². The zero-order valence-corrected chi connectivity index (χ0v) is 12.5. The van der Waals surface area contributed by atoms with E-state index in [0.717, 1.165) is 0 Å². The van der Waals surface area contributed by atoms with Crippen LogP contribution in [-0.2, 0) is 0 Å². The lowest BCUT2D eigenvalue weighted by Gasteiger charge is -2.02. The summed E-state index contributed by atoms with van der Waals surface area (Å²) in [7, 11) is 0. The standard InChI is InChI=1S/C18H33/c1-3-5-7-9-11-13-15-17-18-16-14-12-10-8-6-4-2/h1,3,5,7H,4,6,8-18H2,2H3/b3-1?,7-5-. The molecule has 0 aromatic rings. The molecule has 1 radical (unpaired) electrons. The minimum absolute atomic E-state index is 1.19. The van der Waals surface area contributed by atoms with Gasteiger partial charge in [0.15, 0.2) is 0 Å². The fourth-order valence-electron chi connectivity index (χ4n) is 2.28. The van der Waals surface area contributed by atoms with Crippen molar-refractivity contribution >= 4 is 0 Å². The average Bonchev–Trinajstić information content (AvgIpc) is 2.39. The fraction of sp³-hybridized carbons (Fsp3) is 0.778. The minimum atomic E-state index is 1.19. The molecule has 0 spiro atoms. The summed E-state index contributed by atoms with van der Waals surface area (Å²) in [4.78, 5) is 0. The summed E-state index contributed by atoms with van der Waals surface area (Å²) in [6.45, 7) is 7.55. The minimum Gasteiger partial charge on any atom is -0.0845 e. The molecule has 0 aromatic carbocycles. The highest BCUT2D eigenvalue weighted by Crippen LogP contribution is 2.12. The van der Waals surface area contributed by atoms with Crippen LogP contribution in [0.3, 0.4) is 0 Å². The normalized spacial score (nSPS) is 11.2. The number of hydrogen-bond donors (Lipinski definition) is 0. The Morgan fingerprint density at radius 1 is 0.667 bits per heavy atom. The highest BCUT2D eigenvalue weighted by molar-refractivity contribution is 4.95. The van der Waals surface area contributed by atoms with E-state index in [1.54, 1.807) is 6.08 Å². The molecule has 0 heterocycles. The smallest absolute Gasteiger partial charge is 0.0348 e.